The van der Waals surface area contributed by atoms with Gasteiger partial charge in [-0.05, 0) is 34.1 Å². The lowest BCUT2D eigenvalue weighted by Gasteiger charge is -2.12. The fourth-order valence-electron chi connectivity index (χ4n) is 1.77. The molecule has 21 heavy (non-hydrogen) atoms. The first-order valence-electron chi connectivity index (χ1n) is 5.82. The molecule has 0 radical (unpaired) electrons. The number of ether oxygens (including phenoxy) is 1. The fourth-order valence-corrected chi connectivity index (χ4v) is 2.08. The first kappa shape index (κ1) is 15.2. The van der Waals surface area contributed by atoms with Crippen LogP contribution in [0.25, 0.3) is 0 Å². The topological polar surface area (TPSA) is 64.3 Å². The molecule has 0 bridgehead atoms. The molecule has 2 aromatic carbocycles. The molecule has 0 heterocycles. The zero-order valence-electron chi connectivity index (χ0n) is 10.9. The number of rotatable bonds is 3. The summed E-state index contributed by atoms with van der Waals surface area (Å²) in [4.78, 5) is 12.1. The highest BCUT2D eigenvalue weighted by molar-refractivity contribution is 9.10. The predicted molar refractivity (Wildman–Crippen MR) is 79.4 cm³/mol. The van der Waals surface area contributed by atoms with Gasteiger partial charge in [-0.25, -0.2) is 8.78 Å². The normalized spacial score (nSPS) is 10.3. The highest BCUT2D eigenvalue weighted by atomic mass is 79.9. The number of anilines is 2. The number of halogens is 3. The Morgan fingerprint density at radius 1 is 1.29 bits per heavy atom. The Balaban J connectivity index is 2.35. The maximum Gasteiger partial charge on any atom is 0.259 e. The van der Waals surface area contributed by atoms with E-state index in [-0.39, 0.29) is 27.2 Å². The molecule has 2 aromatic rings. The van der Waals surface area contributed by atoms with Crippen molar-refractivity contribution >= 4 is 33.2 Å². The van der Waals surface area contributed by atoms with Gasteiger partial charge < -0.3 is 15.8 Å². The molecule has 3 N–H and O–H groups in total. The molecule has 0 aliphatic rings. The third-order valence-electron chi connectivity index (χ3n) is 2.75. The van der Waals surface area contributed by atoms with E-state index in [0.29, 0.717) is 0 Å². The van der Waals surface area contributed by atoms with Gasteiger partial charge in [0.15, 0.2) is 5.75 Å². The van der Waals surface area contributed by atoms with Gasteiger partial charge in [0.2, 0.25) is 0 Å². The number of nitrogens with two attached hydrogens (primary N) is 1. The van der Waals surface area contributed by atoms with E-state index in [1.54, 1.807) is 12.1 Å². The van der Waals surface area contributed by atoms with Crippen LogP contribution in [0.3, 0.4) is 0 Å². The molecule has 0 saturated heterocycles. The Kier molecular flexibility index (Phi) is 4.42. The van der Waals surface area contributed by atoms with Crippen LogP contribution in [0.5, 0.6) is 5.75 Å². The van der Waals surface area contributed by atoms with Crippen LogP contribution in [0, 0.1) is 11.6 Å². The Hall–Kier alpha value is -2.15. The van der Waals surface area contributed by atoms with Crippen molar-refractivity contribution < 1.29 is 18.3 Å². The second-order valence-corrected chi connectivity index (χ2v) is 4.98. The summed E-state index contributed by atoms with van der Waals surface area (Å²) >= 11 is 2.86. The molecular formula is C14H11BrF2N2O2. The van der Waals surface area contributed by atoms with Crippen LogP contribution in [0.4, 0.5) is 20.2 Å². The molecule has 0 aromatic heterocycles. The number of para-hydroxylation sites is 1. The molecule has 4 nitrogen and oxygen atoms in total. The Bertz CT molecular complexity index is 708. The van der Waals surface area contributed by atoms with Crippen LogP contribution in [0.2, 0.25) is 0 Å². The fraction of sp³-hybridized carbons (Fsp3) is 0.0714. The summed E-state index contributed by atoms with van der Waals surface area (Å²) in [5.41, 5.74) is 5.81. The molecule has 7 heteroatoms. The lowest BCUT2D eigenvalue weighted by atomic mass is 10.1. The van der Waals surface area contributed by atoms with Gasteiger partial charge in [-0.3, -0.25) is 4.79 Å². The Labute approximate surface area is 128 Å². The molecule has 0 fully saturated rings. The van der Waals surface area contributed by atoms with E-state index in [9.17, 15) is 13.6 Å². The SMILES string of the molecule is COc1c(N)cccc1C(=O)Nc1cc(F)c(Br)cc1F. The number of hydrogen-bond acceptors (Lipinski definition) is 3. The monoisotopic (exact) mass is 356 g/mol. The molecule has 0 spiro atoms. The average Bonchev–Trinajstić information content (AvgIpc) is 2.44. The van der Waals surface area contributed by atoms with E-state index < -0.39 is 17.5 Å². The number of hydrogen-bond donors (Lipinski definition) is 2. The van der Waals surface area contributed by atoms with Crippen molar-refractivity contribution in [2.45, 2.75) is 0 Å². The molecule has 2 rings (SSSR count). The van der Waals surface area contributed by atoms with Crippen molar-refractivity contribution in [3.63, 3.8) is 0 Å². The summed E-state index contributed by atoms with van der Waals surface area (Å²) in [5, 5.41) is 2.29. The van der Waals surface area contributed by atoms with Crippen molar-refractivity contribution in [3.05, 3.63) is 52.0 Å². The average molecular weight is 357 g/mol. The van der Waals surface area contributed by atoms with Gasteiger partial charge in [0.25, 0.3) is 5.91 Å². The van der Waals surface area contributed by atoms with Gasteiger partial charge in [0, 0.05) is 6.07 Å². The van der Waals surface area contributed by atoms with Gasteiger partial charge in [-0.1, -0.05) is 6.07 Å². The van der Waals surface area contributed by atoms with Crippen LogP contribution in [-0.4, -0.2) is 13.0 Å². The van der Waals surface area contributed by atoms with Gasteiger partial charge in [-0.15, -0.1) is 0 Å². The van der Waals surface area contributed by atoms with E-state index in [4.69, 9.17) is 10.5 Å². The highest BCUT2D eigenvalue weighted by Gasteiger charge is 2.17. The number of benzene rings is 2. The van der Waals surface area contributed by atoms with Gasteiger partial charge in [0.05, 0.1) is 28.5 Å². The van der Waals surface area contributed by atoms with Crippen LogP contribution in [0.1, 0.15) is 10.4 Å². The van der Waals surface area contributed by atoms with Gasteiger partial charge in [0.1, 0.15) is 11.6 Å². The lowest BCUT2D eigenvalue weighted by molar-refractivity contribution is 0.102. The minimum atomic E-state index is -0.764. The number of nitrogens with one attached hydrogen (secondary N) is 1. The van der Waals surface area contributed by atoms with Crippen molar-refractivity contribution in [1.82, 2.24) is 0 Å². The van der Waals surface area contributed by atoms with Gasteiger partial charge in [-0.2, -0.15) is 0 Å². The Morgan fingerprint density at radius 2 is 2.00 bits per heavy atom. The number of carbonyl (C=O) groups is 1. The summed E-state index contributed by atoms with van der Waals surface area (Å²) in [5.74, 6) is -1.93. The summed E-state index contributed by atoms with van der Waals surface area (Å²) < 4.78 is 32.1. The third-order valence-corrected chi connectivity index (χ3v) is 3.36. The standard InChI is InChI=1S/C14H11BrF2N2O2/c1-21-13-7(3-2-4-11(13)18)14(20)19-12-6-9(16)8(15)5-10(12)17/h2-6H,18H2,1H3,(H,19,20). The smallest absolute Gasteiger partial charge is 0.259 e. The molecule has 110 valence electrons. The van der Waals surface area contributed by atoms with E-state index in [0.717, 1.165) is 12.1 Å². The highest BCUT2D eigenvalue weighted by Crippen LogP contribution is 2.28. The Morgan fingerprint density at radius 3 is 2.67 bits per heavy atom. The molecule has 0 unspecified atom stereocenters. The molecular weight excluding hydrogens is 346 g/mol. The summed E-state index contributed by atoms with van der Waals surface area (Å²) in [6.07, 6.45) is 0. The predicted octanol–water partition coefficient (Wildman–Crippen LogP) is 3.57. The van der Waals surface area contributed by atoms with Crippen LogP contribution < -0.4 is 15.8 Å². The second kappa shape index (κ2) is 6.09. The second-order valence-electron chi connectivity index (χ2n) is 4.13. The first-order valence-corrected chi connectivity index (χ1v) is 6.61. The largest absolute Gasteiger partial charge is 0.494 e. The van der Waals surface area contributed by atoms with Crippen LogP contribution in [-0.2, 0) is 0 Å². The number of amides is 1. The first-order chi connectivity index (χ1) is 9.93. The minimum absolute atomic E-state index is 0.0282. The number of nitrogen functional groups attached to an aromatic ring is 1. The maximum absolute atomic E-state index is 13.7. The minimum Gasteiger partial charge on any atom is -0.494 e. The third kappa shape index (κ3) is 3.13. The van der Waals surface area contributed by atoms with E-state index in [1.165, 1.54) is 13.2 Å². The molecule has 0 saturated carbocycles. The zero-order valence-corrected chi connectivity index (χ0v) is 12.5. The number of methoxy groups -OCH3 is 1. The lowest BCUT2D eigenvalue weighted by Crippen LogP contribution is -2.15. The van der Waals surface area contributed by atoms with E-state index >= 15 is 0 Å². The molecule has 0 aliphatic carbocycles. The molecule has 1 amide bonds. The molecule has 0 atom stereocenters. The summed E-state index contributed by atoms with van der Waals surface area (Å²) in [6, 6.07) is 6.41. The zero-order chi connectivity index (χ0) is 15.6. The number of carbonyl (C=O) groups excluding carboxylic acids is 1. The summed E-state index contributed by atoms with van der Waals surface area (Å²) in [7, 11) is 1.36. The van der Waals surface area contributed by atoms with Crippen LogP contribution in [0.15, 0.2) is 34.8 Å². The van der Waals surface area contributed by atoms with Crippen LogP contribution >= 0.6 is 15.9 Å². The molecule has 0 aliphatic heterocycles. The van der Waals surface area contributed by atoms with Crippen molar-refractivity contribution in [3.8, 4) is 5.75 Å². The van der Waals surface area contributed by atoms with Crippen molar-refractivity contribution in [2.24, 2.45) is 0 Å². The van der Waals surface area contributed by atoms with E-state index in [1.807, 2.05) is 0 Å². The quantitative estimate of drug-likeness (QED) is 0.652. The van der Waals surface area contributed by atoms with Crippen molar-refractivity contribution in [2.75, 3.05) is 18.2 Å². The van der Waals surface area contributed by atoms with Crippen molar-refractivity contribution in [1.29, 1.82) is 0 Å². The maximum atomic E-state index is 13.7. The van der Waals surface area contributed by atoms with E-state index in [2.05, 4.69) is 21.2 Å². The van der Waals surface area contributed by atoms with Gasteiger partial charge >= 0.3 is 0 Å². The summed E-state index contributed by atoms with van der Waals surface area (Å²) in [6.45, 7) is 0.